The molecule has 0 atom stereocenters. The van der Waals surface area contributed by atoms with E-state index in [0.29, 0.717) is 17.1 Å². The van der Waals surface area contributed by atoms with Gasteiger partial charge in [0.15, 0.2) is 0 Å². The standard InChI is InChI=1S/C18H17F2NO3/c1-23-15-6-3-12(17(10-15)24-2)4-8-18(22)21-11-13-9-14(19)5-7-16(13)20/h3-10H,11H2,1-2H3,(H,21,22). The summed E-state index contributed by atoms with van der Waals surface area (Å²) >= 11 is 0. The maximum absolute atomic E-state index is 13.5. The first kappa shape index (κ1) is 17.5. The average Bonchev–Trinajstić information content (AvgIpc) is 2.60. The van der Waals surface area contributed by atoms with E-state index in [1.807, 2.05) is 0 Å². The highest BCUT2D eigenvalue weighted by Crippen LogP contribution is 2.25. The van der Waals surface area contributed by atoms with Gasteiger partial charge in [-0.05, 0) is 36.4 Å². The lowest BCUT2D eigenvalue weighted by Crippen LogP contribution is -2.21. The summed E-state index contributed by atoms with van der Waals surface area (Å²) in [5.41, 5.74) is 0.768. The van der Waals surface area contributed by atoms with Crippen molar-refractivity contribution in [1.29, 1.82) is 0 Å². The van der Waals surface area contributed by atoms with Crippen LogP contribution in [0.1, 0.15) is 11.1 Å². The SMILES string of the molecule is COc1ccc(C=CC(=O)NCc2cc(F)ccc2F)c(OC)c1. The summed E-state index contributed by atoms with van der Waals surface area (Å²) in [5.74, 6) is -0.377. The van der Waals surface area contributed by atoms with Gasteiger partial charge < -0.3 is 14.8 Å². The number of carbonyl (C=O) groups is 1. The molecule has 1 amide bonds. The Morgan fingerprint density at radius 3 is 2.62 bits per heavy atom. The summed E-state index contributed by atoms with van der Waals surface area (Å²) in [6, 6.07) is 8.27. The number of amides is 1. The smallest absolute Gasteiger partial charge is 0.244 e. The Balaban J connectivity index is 2.01. The first-order chi connectivity index (χ1) is 11.5. The number of ether oxygens (including phenoxy) is 2. The molecule has 0 radical (unpaired) electrons. The molecule has 2 rings (SSSR count). The van der Waals surface area contributed by atoms with Crippen molar-refractivity contribution in [3.8, 4) is 11.5 Å². The Morgan fingerprint density at radius 2 is 1.92 bits per heavy atom. The molecular weight excluding hydrogens is 316 g/mol. The van der Waals surface area contributed by atoms with E-state index in [2.05, 4.69) is 5.32 Å². The normalized spacial score (nSPS) is 10.7. The molecule has 0 aliphatic heterocycles. The third-order valence-electron chi connectivity index (χ3n) is 3.32. The van der Waals surface area contributed by atoms with Crippen LogP contribution in [0.5, 0.6) is 11.5 Å². The van der Waals surface area contributed by atoms with Gasteiger partial charge in [-0.3, -0.25) is 4.79 Å². The molecule has 24 heavy (non-hydrogen) atoms. The number of carbonyl (C=O) groups excluding carboxylic acids is 1. The zero-order valence-corrected chi connectivity index (χ0v) is 13.3. The maximum Gasteiger partial charge on any atom is 0.244 e. The molecule has 4 nitrogen and oxygen atoms in total. The predicted octanol–water partition coefficient (Wildman–Crippen LogP) is 3.31. The molecule has 6 heteroatoms. The van der Waals surface area contributed by atoms with Crippen molar-refractivity contribution >= 4 is 12.0 Å². The van der Waals surface area contributed by atoms with Crippen molar-refractivity contribution < 1.29 is 23.0 Å². The number of nitrogens with one attached hydrogen (secondary N) is 1. The van der Waals surface area contributed by atoms with Crippen LogP contribution in [0, 0.1) is 11.6 Å². The lowest BCUT2D eigenvalue weighted by Gasteiger charge is -2.07. The number of rotatable bonds is 6. The Morgan fingerprint density at radius 1 is 1.12 bits per heavy atom. The molecule has 1 N–H and O–H groups in total. The fraction of sp³-hybridized carbons (Fsp3) is 0.167. The molecule has 0 aliphatic rings. The van der Waals surface area contributed by atoms with Crippen LogP contribution in [0.15, 0.2) is 42.5 Å². The summed E-state index contributed by atoms with van der Waals surface area (Å²) in [7, 11) is 3.06. The molecule has 0 unspecified atom stereocenters. The molecule has 0 heterocycles. The van der Waals surface area contributed by atoms with Crippen molar-refractivity contribution in [1.82, 2.24) is 5.32 Å². The van der Waals surface area contributed by atoms with Gasteiger partial charge in [-0.2, -0.15) is 0 Å². The second kappa shape index (κ2) is 8.10. The zero-order chi connectivity index (χ0) is 17.5. The largest absolute Gasteiger partial charge is 0.497 e. The van der Waals surface area contributed by atoms with E-state index in [-0.39, 0.29) is 12.1 Å². The van der Waals surface area contributed by atoms with Crippen molar-refractivity contribution in [2.45, 2.75) is 6.54 Å². The van der Waals surface area contributed by atoms with Gasteiger partial charge in [-0.1, -0.05) is 0 Å². The van der Waals surface area contributed by atoms with Crippen LogP contribution in [0.2, 0.25) is 0 Å². The molecule has 0 saturated heterocycles. The minimum absolute atomic E-state index is 0.0822. The molecule has 0 aromatic heterocycles. The van der Waals surface area contributed by atoms with Gasteiger partial charge in [0.1, 0.15) is 23.1 Å². The second-order valence-electron chi connectivity index (χ2n) is 4.89. The first-order valence-corrected chi connectivity index (χ1v) is 7.15. The molecule has 126 valence electrons. The highest BCUT2D eigenvalue weighted by Gasteiger charge is 2.06. The highest BCUT2D eigenvalue weighted by molar-refractivity contribution is 5.92. The average molecular weight is 333 g/mol. The Bertz CT molecular complexity index is 760. The topological polar surface area (TPSA) is 47.6 Å². The molecule has 2 aromatic rings. The van der Waals surface area contributed by atoms with Crippen molar-refractivity contribution in [2.75, 3.05) is 14.2 Å². The Labute approximate surface area is 138 Å². The first-order valence-electron chi connectivity index (χ1n) is 7.15. The fourth-order valence-corrected chi connectivity index (χ4v) is 2.04. The van der Waals surface area contributed by atoms with Crippen LogP contribution >= 0.6 is 0 Å². The van der Waals surface area contributed by atoms with Gasteiger partial charge in [0.25, 0.3) is 0 Å². The van der Waals surface area contributed by atoms with Crippen LogP contribution in [-0.4, -0.2) is 20.1 Å². The van der Waals surface area contributed by atoms with Crippen molar-refractivity contribution in [3.05, 3.63) is 65.2 Å². The lowest BCUT2D eigenvalue weighted by molar-refractivity contribution is -0.116. The van der Waals surface area contributed by atoms with Crippen LogP contribution < -0.4 is 14.8 Å². The van der Waals surface area contributed by atoms with Crippen LogP contribution in [0.4, 0.5) is 8.78 Å². The van der Waals surface area contributed by atoms with E-state index in [4.69, 9.17) is 9.47 Å². The van der Waals surface area contributed by atoms with Crippen molar-refractivity contribution in [2.24, 2.45) is 0 Å². The van der Waals surface area contributed by atoms with Gasteiger partial charge >= 0.3 is 0 Å². The van der Waals surface area contributed by atoms with E-state index in [9.17, 15) is 13.6 Å². The fourth-order valence-electron chi connectivity index (χ4n) is 2.04. The van der Waals surface area contributed by atoms with Crippen LogP contribution in [0.25, 0.3) is 6.08 Å². The van der Waals surface area contributed by atoms with Crippen LogP contribution in [-0.2, 0) is 11.3 Å². The van der Waals surface area contributed by atoms with Crippen LogP contribution in [0.3, 0.4) is 0 Å². The number of halogens is 2. The van der Waals surface area contributed by atoms with E-state index >= 15 is 0 Å². The molecule has 0 fully saturated rings. The zero-order valence-electron chi connectivity index (χ0n) is 13.3. The monoisotopic (exact) mass is 333 g/mol. The highest BCUT2D eigenvalue weighted by atomic mass is 19.1. The summed E-state index contributed by atoms with van der Waals surface area (Å²) in [6.07, 6.45) is 2.86. The van der Waals surface area contributed by atoms with E-state index in [1.54, 1.807) is 31.4 Å². The molecule has 0 bridgehead atoms. The molecule has 0 aliphatic carbocycles. The molecule has 2 aromatic carbocycles. The van der Waals surface area contributed by atoms with Gasteiger partial charge in [0.05, 0.1) is 14.2 Å². The third kappa shape index (κ3) is 4.55. The third-order valence-corrected chi connectivity index (χ3v) is 3.32. The maximum atomic E-state index is 13.5. The summed E-state index contributed by atoms with van der Waals surface area (Å²) in [6.45, 7) is -0.105. The molecule has 0 spiro atoms. The Kier molecular flexibility index (Phi) is 5.89. The molecular formula is C18H17F2NO3. The Hall–Kier alpha value is -2.89. The number of hydrogen-bond donors (Lipinski definition) is 1. The minimum Gasteiger partial charge on any atom is -0.497 e. The van der Waals surface area contributed by atoms with E-state index in [0.717, 1.165) is 18.2 Å². The molecule has 0 saturated carbocycles. The number of hydrogen-bond acceptors (Lipinski definition) is 3. The van der Waals surface area contributed by atoms with Crippen molar-refractivity contribution in [3.63, 3.8) is 0 Å². The summed E-state index contributed by atoms with van der Waals surface area (Å²) in [5, 5.41) is 2.50. The quantitative estimate of drug-likeness (QED) is 0.825. The minimum atomic E-state index is -0.572. The number of methoxy groups -OCH3 is 2. The van der Waals surface area contributed by atoms with Gasteiger partial charge in [-0.15, -0.1) is 0 Å². The van der Waals surface area contributed by atoms with Gasteiger partial charge in [0.2, 0.25) is 5.91 Å². The van der Waals surface area contributed by atoms with E-state index < -0.39 is 17.5 Å². The lowest BCUT2D eigenvalue weighted by atomic mass is 10.1. The summed E-state index contributed by atoms with van der Waals surface area (Å²) < 4.78 is 36.9. The summed E-state index contributed by atoms with van der Waals surface area (Å²) in [4.78, 5) is 11.8. The van der Waals surface area contributed by atoms with Gasteiger partial charge in [0, 0.05) is 29.8 Å². The predicted molar refractivity (Wildman–Crippen MR) is 86.8 cm³/mol. The second-order valence-corrected chi connectivity index (χ2v) is 4.89. The van der Waals surface area contributed by atoms with Gasteiger partial charge in [-0.25, -0.2) is 8.78 Å². The van der Waals surface area contributed by atoms with E-state index in [1.165, 1.54) is 13.2 Å². The number of benzene rings is 2.